The third kappa shape index (κ3) is 13.5. The fourth-order valence-electron chi connectivity index (χ4n) is 6.34. The van der Waals surface area contributed by atoms with Gasteiger partial charge in [0.15, 0.2) is 23.2 Å². The molecule has 3 amide bonds. The van der Waals surface area contributed by atoms with Crippen LogP contribution in [0.5, 0.6) is 0 Å². The molecule has 1 saturated carbocycles. The number of nitrogens with one attached hydrogen (secondary N) is 2. The predicted molar refractivity (Wildman–Crippen MR) is 214 cm³/mol. The minimum atomic E-state index is -1.98. The Morgan fingerprint density at radius 2 is 1.37 bits per heavy atom. The van der Waals surface area contributed by atoms with Crippen LogP contribution < -0.4 is 33.7 Å². The molecule has 57 heavy (non-hydrogen) atoms. The fourth-order valence-corrected chi connectivity index (χ4v) is 6.34. The molecule has 1 unspecified atom stereocenters. The van der Waals surface area contributed by atoms with Crippen LogP contribution >= 0.6 is 24.8 Å². The summed E-state index contributed by atoms with van der Waals surface area (Å²) in [6, 6.07) is 12.1. The van der Waals surface area contributed by atoms with Crippen LogP contribution in [0.15, 0.2) is 58.5 Å². The highest BCUT2D eigenvalue weighted by atomic mass is 35.5. The maximum atomic E-state index is 14.3. The average molecular weight is 838 g/mol. The number of hydrogen-bond acceptors (Lipinski definition) is 12. The van der Waals surface area contributed by atoms with Gasteiger partial charge in [-0.1, -0.05) is 6.42 Å². The smallest absolute Gasteiger partial charge is 0.431 e. The van der Waals surface area contributed by atoms with E-state index in [1.807, 2.05) is 0 Å². The normalized spacial score (nSPS) is 17.3. The van der Waals surface area contributed by atoms with E-state index in [0.717, 1.165) is 37.0 Å². The van der Waals surface area contributed by atoms with E-state index in [9.17, 15) is 28.8 Å². The molecule has 312 valence electrons. The summed E-state index contributed by atoms with van der Waals surface area (Å²) in [5.74, 6) is -3.67. The third-order valence-corrected chi connectivity index (χ3v) is 8.99. The van der Waals surface area contributed by atoms with Crippen LogP contribution in [0.2, 0.25) is 0 Å². The van der Waals surface area contributed by atoms with Crippen molar-refractivity contribution < 1.29 is 43.0 Å². The lowest BCUT2D eigenvalue weighted by atomic mass is 9.84. The number of piperazine rings is 1. The summed E-state index contributed by atoms with van der Waals surface area (Å²) in [5, 5.41) is 4.01. The summed E-state index contributed by atoms with van der Waals surface area (Å²) in [4.78, 5) is 88.4. The molecule has 0 radical (unpaired) electrons. The molecular weight excluding hydrogens is 787 g/mol. The number of carbonyl (C=O) groups excluding carboxylic acids is 6. The number of nitrogens with two attached hydrogens (primary N) is 4. The van der Waals surface area contributed by atoms with Crippen LogP contribution in [-0.4, -0.2) is 102 Å². The number of aliphatic imine (C=N–C) groups is 2. The highest BCUT2D eigenvalue weighted by molar-refractivity contribution is 6.11. The van der Waals surface area contributed by atoms with E-state index in [0.29, 0.717) is 16.9 Å². The highest BCUT2D eigenvalue weighted by Crippen LogP contribution is 2.29. The lowest BCUT2D eigenvalue weighted by molar-refractivity contribution is -0.177. The zero-order valence-corrected chi connectivity index (χ0v) is 33.3. The number of halogens is 2. The number of guanidine groups is 2. The Bertz CT molecular complexity index is 1780. The van der Waals surface area contributed by atoms with E-state index in [1.54, 1.807) is 12.1 Å². The van der Waals surface area contributed by atoms with Crippen molar-refractivity contribution >= 4 is 83.7 Å². The van der Waals surface area contributed by atoms with Gasteiger partial charge in [0.2, 0.25) is 6.29 Å². The van der Waals surface area contributed by atoms with E-state index >= 15 is 0 Å². The average Bonchev–Trinajstić information content (AvgIpc) is 3.12. The Morgan fingerprint density at radius 1 is 0.825 bits per heavy atom. The van der Waals surface area contributed by atoms with Gasteiger partial charge in [0.1, 0.15) is 12.6 Å². The minimum Gasteiger partial charge on any atom is -0.431 e. The van der Waals surface area contributed by atoms with Crippen molar-refractivity contribution in [1.29, 1.82) is 0 Å². The van der Waals surface area contributed by atoms with Gasteiger partial charge in [-0.05, 0) is 94.0 Å². The zero-order chi connectivity index (χ0) is 40.1. The summed E-state index contributed by atoms with van der Waals surface area (Å²) < 4.78 is 15.7. The van der Waals surface area contributed by atoms with Crippen LogP contribution in [-0.2, 0) is 28.6 Å². The minimum absolute atomic E-state index is 0. The van der Waals surface area contributed by atoms with Gasteiger partial charge in [-0.15, -0.1) is 24.8 Å². The van der Waals surface area contributed by atoms with Gasteiger partial charge < -0.3 is 47.4 Å². The van der Waals surface area contributed by atoms with Gasteiger partial charge in [0, 0.05) is 37.7 Å². The number of amides is 3. The van der Waals surface area contributed by atoms with Crippen LogP contribution in [0, 0.1) is 0 Å². The molecule has 2 fully saturated rings. The van der Waals surface area contributed by atoms with Crippen molar-refractivity contribution in [2.75, 3.05) is 26.2 Å². The molecule has 0 spiro atoms. The second kappa shape index (κ2) is 22.2. The number of carbonyl (C=O) groups is 6. The predicted octanol–water partition coefficient (Wildman–Crippen LogP) is 2.04. The van der Waals surface area contributed by atoms with E-state index in [1.165, 1.54) is 55.3 Å². The standard InChI is InChI=1S/C36H48N10O9.2ClH/c1-22(47)36(17-6-18-41-30(49)24-9-13-26(14-10-24)42-33(37)38)32(51)45(21-29(48)53-23(2)54-35(52)55-28-7-4-3-5-8-28)19-20-46(36)44-31(50)25-11-15-27(16-12-25)43-34(39)40;;/h9-16,23,28H,3-8,17-21H2,1-2H3,(H,41,49)(H,44,50)(H4,37,38,42)(H4,39,40,43);2*1H/t23?,36-;;/m0../s1. The summed E-state index contributed by atoms with van der Waals surface area (Å²) in [7, 11) is 0. The van der Waals surface area contributed by atoms with Crippen LogP contribution in [0.1, 0.15) is 79.5 Å². The molecule has 10 N–H and O–H groups in total. The van der Waals surface area contributed by atoms with Crippen molar-refractivity contribution in [2.24, 2.45) is 32.9 Å². The first-order valence-corrected chi connectivity index (χ1v) is 17.8. The second-order valence-electron chi connectivity index (χ2n) is 13.1. The molecule has 4 rings (SSSR count). The quantitative estimate of drug-likeness (QED) is 0.0374. The van der Waals surface area contributed by atoms with E-state index in [-0.39, 0.29) is 80.9 Å². The Labute approximate surface area is 342 Å². The molecule has 1 heterocycles. The number of Topliss-reactive ketones (excluding diaryl/α,β-unsaturated/α-hetero) is 1. The zero-order valence-electron chi connectivity index (χ0n) is 31.6. The maximum Gasteiger partial charge on any atom is 0.511 e. The SMILES string of the molecule is CC(=O)[C@@]1(CCCNC(=O)c2ccc(N=C(N)N)cc2)C(=O)N(CC(=O)OC(C)OC(=O)OC2CCCCC2)CCN1NC(=O)c1ccc(N=C(N)N)cc1.Cl.Cl. The number of esters is 1. The number of hydrogen-bond donors (Lipinski definition) is 6. The number of ketones is 1. The monoisotopic (exact) mass is 836 g/mol. The molecule has 1 aliphatic carbocycles. The number of hydrazine groups is 1. The third-order valence-electron chi connectivity index (χ3n) is 8.99. The van der Waals surface area contributed by atoms with Crippen molar-refractivity contribution in [3.63, 3.8) is 0 Å². The number of benzene rings is 2. The fraction of sp³-hybridized carbons (Fsp3) is 0.444. The topological polar surface area (TPSA) is 289 Å². The number of nitrogens with zero attached hydrogens (tertiary/aromatic N) is 4. The van der Waals surface area contributed by atoms with Gasteiger partial charge >= 0.3 is 12.1 Å². The van der Waals surface area contributed by atoms with E-state index in [4.69, 9.17) is 37.1 Å². The van der Waals surface area contributed by atoms with Crippen LogP contribution in [0.25, 0.3) is 0 Å². The molecule has 21 heteroatoms. The highest BCUT2D eigenvalue weighted by Gasteiger charge is 2.54. The molecule has 2 aliphatic rings. The molecule has 2 atom stereocenters. The van der Waals surface area contributed by atoms with E-state index < -0.39 is 54.0 Å². The summed E-state index contributed by atoms with van der Waals surface area (Å²) in [6.45, 7) is 1.85. The van der Waals surface area contributed by atoms with Gasteiger partial charge in [0.05, 0.1) is 11.4 Å². The number of rotatable bonds is 15. The molecule has 2 aromatic rings. The molecule has 1 aliphatic heterocycles. The van der Waals surface area contributed by atoms with Crippen molar-refractivity contribution in [3.8, 4) is 0 Å². The lowest BCUT2D eigenvalue weighted by Crippen LogP contribution is -2.73. The Kier molecular flexibility index (Phi) is 18.5. The maximum absolute atomic E-state index is 14.3. The molecule has 19 nitrogen and oxygen atoms in total. The molecule has 1 saturated heterocycles. The van der Waals surface area contributed by atoms with Gasteiger partial charge in [-0.2, -0.15) is 5.01 Å². The first-order chi connectivity index (χ1) is 26.2. The first kappa shape index (κ1) is 47.5. The van der Waals surface area contributed by atoms with Gasteiger partial charge in [-0.3, -0.25) is 29.4 Å². The summed E-state index contributed by atoms with van der Waals surface area (Å²) >= 11 is 0. The van der Waals surface area contributed by atoms with Crippen LogP contribution in [0.4, 0.5) is 16.2 Å². The second-order valence-corrected chi connectivity index (χ2v) is 13.1. The Morgan fingerprint density at radius 3 is 1.89 bits per heavy atom. The Balaban J connectivity index is 0.00000561. The largest absolute Gasteiger partial charge is 0.511 e. The first-order valence-electron chi connectivity index (χ1n) is 17.8. The summed E-state index contributed by atoms with van der Waals surface area (Å²) in [6.07, 6.45) is 1.79. The Hall–Kier alpha value is -5.66. The molecule has 0 aromatic heterocycles. The van der Waals surface area contributed by atoms with Crippen molar-refractivity contribution in [1.82, 2.24) is 20.7 Å². The number of ether oxygens (including phenoxy) is 3. The summed E-state index contributed by atoms with van der Waals surface area (Å²) in [5.41, 5.74) is 23.7. The van der Waals surface area contributed by atoms with Crippen molar-refractivity contribution in [2.45, 2.75) is 76.7 Å². The molecule has 0 bridgehead atoms. The van der Waals surface area contributed by atoms with Gasteiger partial charge in [0.25, 0.3) is 17.7 Å². The molecule has 2 aromatic carbocycles. The lowest BCUT2D eigenvalue weighted by Gasteiger charge is -2.47. The van der Waals surface area contributed by atoms with Gasteiger partial charge in [-0.25, -0.2) is 14.8 Å². The van der Waals surface area contributed by atoms with E-state index in [2.05, 4.69) is 20.7 Å². The molecular formula is C36H50Cl2N10O9. The van der Waals surface area contributed by atoms with Crippen molar-refractivity contribution in [3.05, 3.63) is 59.7 Å². The van der Waals surface area contributed by atoms with Crippen LogP contribution in [0.3, 0.4) is 0 Å².